The Morgan fingerprint density at radius 3 is 2.50 bits per heavy atom. The Hall–Kier alpha value is -2.40. The van der Waals surface area contributed by atoms with Crippen LogP contribution in [0, 0.1) is 18.3 Å². The lowest BCUT2D eigenvalue weighted by Crippen LogP contribution is -2.13. The van der Waals surface area contributed by atoms with E-state index in [4.69, 9.17) is 5.26 Å². The molecule has 1 aromatic heterocycles. The maximum absolute atomic E-state index is 11.9. The summed E-state index contributed by atoms with van der Waals surface area (Å²) in [5.74, 6) is 0.326. The molecule has 7 nitrogen and oxygen atoms in total. The van der Waals surface area contributed by atoms with Crippen molar-refractivity contribution in [3.63, 3.8) is 0 Å². The zero-order valence-corrected chi connectivity index (χ0v) is 10.1. The smallest absolute Gasteiger partial charge is 0.314 e. The van der Waals surface area contributed by atoms with Crippen LogP contribution in [0.15, 0.2) is 33.7 Å². The number of nitrogens with one attached hydrogen (secondary N) is 1. The highest BCUT2D eigenvalue weighted by Crippen LogP contribution is 2.14. The maximum Gasteiger partial charge on any atom is 0.335 e. The van der Waals surface area contributed by atoms with Crippen molar-refractivity contribution in [3.8, 4) is 6.07 Å². The number of hydrogen-bond acceptors (Lipinski definition) is 6. The summed E-state index contributed by atoms with van der Waals surface area (Å²) in [5, 5.41) is 12.1. The predicted molar refractivity (Wildman–Crippen MR) is 61.0 cm³/mol. The van der Waals surface area contributed by atoms with Gasteiger partial charge in [-0.25, -0.2) is 13.1 Å². The summed E-state index contributed by atoms with van der Waals surface area (Å²) in [6.07, 6.45) is 0. The van der Waals surface area contributed by atoms with Crippen molar-refractivity contribution in [3.05, 3.63) is 35.7 Å². The molecule has 0 saturated heterocycles. The van der Waals surface area contributed by atoms with Gasteiger partial charge in [0.1, 0.15) is 0 Å². The summed E-state index contributed by atoms with van der Waals surface area (Å²) in [6, 6.07) is 7.17. The van der Waals surface area contributed by atoms with Crippen LogP contribution in [0.2, 0.25) is 0 Å². The third-order valence-electron chi connectivity index (χ3n) is 2.04. The van der Waals surface area contributed by atoms with Crippen LogP contribution in [0.3, 0.4) is 0 Å². The highest BCUT2D eigenvalue weighted by molar-refractivity contribution is 7.92. The van der Waals surface area contributed by atoms with E-state index in [1.165, 1.54) is 24.3 Å². The maximum atomic E-state index is 11.9. The molecule has 0 saturated carbocycles. The van der Waals surface area contributed by atoms with E-state index in [-0.39, 0.29) is 10.9 Å². The van der Waals surface area contributed by atoms with E-state index in [2.05, 4.69) is 19.4 Å². The van der Waals surface area contributed by atoms with Crippen molar-refractivity contribution in [1.29, 1.82) is 5.26 Å². The van der Waals surface area contributed by atoms with Gasteiger partial charge in [0.25, 0.3) is 10.0 Å². The predicted octanol–water partition coefficient (Wildman–Crippen LogP) is 1.05. The molecule has 92 valence electrons. The number of aryl methyl sites for hydroxylation is 1. The molecule has 1 heterocycles. The second-order valence-electron chi connectivity index (χ2n) is 3.39. The lowest BCUT2D eigenvalue weighted by Gasteiger charge is -2.03. The summed E-state index contributed by atoms with van der Waals surface area (Å²) in [7, 11) is -3.78. The van der Waals surface area contributed by atoms with Crippen molar-refractivity contribution in [2.75, 3.05) is 4.72 Å². The first-order valence-electron chi connectivity index (χ1n) is 4.84. The number of nitriles is 1. The molecule has 1 aromatic carbocycles. The average molecular weight is 264 g/mol. The van der Waals surface area contributed by atoms with E-state index in [0.717, 1.165) is 0 Å². The van der Waals surface area contributed by atoms with Crippen molar-refractivity contribution < 1.29 is 12.9 Å². The monoisotopic (exact) mass is 264 g/mol. The van der Waals surface area contributed by atoms with E-state index >= 15 is 0 Å². The van der Waals surface area contributed by atoms with Crippen molar-refractivity contribution in [2.45, 2.75) is 11.8 Å². The van der Waals surface area contributed by atoms with Crippen LogP contribution in [0.25, 0.3) is 0 Å². The molecule has 0 radical (unpaired) electrons. The first-order valence-corrected chi connectivity index (χ1v) is 6.33. The molecule has 0 amide bonds. The zero-order valence-electron chi connectivity index (χ0n) is 9.28. The van der Waals surface area contributed by atoms with Gasteiger partial charge in [-0.1, -0.05) is 5.16 Å². The van der Waals surface area contributed by atoms with Crippen molar-refractivity contribution in [1.82, 2.24) is 10.1 Å². The van der Waals surface area contributed by atoms with Gasteiger partial charge in [0.05, 0.1) is 16.5 Å². The molecule has 2 rings (SSSR count). The highest BCUT2D eigenvalue weighted by Gasteiger charge is 2.17. The van der Waals surface area contributed by atoms with E-state index in [0.29, 0.717) is 11.4 Å². The number of hydrogen-bond donors (Lipinski definition) is 1. The third kappa shape index (κ3) is 2.46. The molecule has 0 unspecified atom stereocenters. The summed E-state index contributed by atoms with van der Waals surface area (Å²) in [5.41, 5.74) is 0.377. The minimum Gasteiger partial charge on any atom is -0.314 e. The first kappa shape index (κ1) is 12.1. The average Bonchev–Trinajstić information content (AvgIpc) is 2.74. The van der Waals surface area contributed by atoms with Gasteiger partial charge in [0.2, 0.25) is 0 Å². The summed E-state index contributed by atoms with van der Waals surface area (Å²) in [6.45, 7) is 1.57. The number of anilines is 1. The Labute approximate surface area is 103 Å². The Morgan fingerprint density at radius 1 is 1.33 bits per heavy atom. The van der Waals surface area contributed by atoms with Crippen LogP contribution in [-0.2, 0) is 10.0 Å². The Bertz CT molecular complexity index is 697. The number of benzene rings is 1. The number of aromatic nitrogens is 2. The second-order valence-corrected chi connectivity index (χ2v) is 5.07. The number of rotatable bonds is 3. The summed E-state index contributed by atoms with van der Waals surface area (Å²) >= 11 is 0. The molecule has 0 bridgehead atoms. The summed E-state index contributed by atoms with van der Waals surface area (Å²) < 4.78 is 30.6. The number of sulfonamides is 1. The lowest BCUT2D eigenvalue weighted by atomic mass is 10.2. The SMILES string of the molecule is Cc1noc(NS(=O)(=O)c2ccc(C#N)cc2)n1. The van der Waals surface area contributed by atoms with Crippen molar-refractivity contribution in [2.24, 2.45) is 0 Å². The van der Waals surface area contributed by atoms with E-state index in [9.17, 15) is 8.42 Å². The molecule has 0 atom stereocenters. The Balaban J connectivity index is 2.28. The highest BCUT2D eigenvalue weighted by atomic mass is 32.2. The topological polar surface area (TPSA) is 109 Å². The number of nitrogens with zero attached hydrogens (tertiary/aromatic N) is 3. The van der Waals surface area contributed by atoms with Crippen LogP contribution in [-0.4, -0.2) is 18.6 Å². The molecule has 2 aromatic rings. The van der Waals surface area contributed by atoms with Crippen LogP contribution in [0.5, 0.6) is 0 Å². The lowest BCUT2D eigenvalue weighted by molar-refractivity contribution is 0.429. The molecular weight excluding hydrogens is 256 g/mol. The van der Waals surface area contributed by atoms with Crippen LogP contribution >= 0.6 is 0 Å². The Kier molecular flexibility index (Phi) is 2.99. The fourth-order valence-electron chi connectivity index (χ4n) is 1.22. The van der Waals surface area contributed by atoms with E-state index < -0.39 is 10.0 Å². The molecule has 1 N–H and O–H groups in total. The van der Waals surface area contributed by atoms with Gasteiger partial charge in [0.15, 0.2) is 5.82 Å². The van der Waals surface area contributed by atoms with Crippen molar-refractivity contribution >= 4 is 16.0 Å². The van der Waals surface area contributed by atoms with E-state index in [1.807, 2.05) is 6.07 Å². The van der Waals surface area contributed by atoms with Gasteiger partial charge in [0, 0.05) is 0 Å². The molecule has 0 aliphatic heterocycles. The standard InChI is InChI=1S/C10H8N4O3S/c1-7-12-10(17-13-7)14-18(15,16)9-4-2-8(6-11)3-5-9/h2-5H,1H3,(H,12,13,14). The molecule has 0 aliphatic rings. The summed E-state index contributed by atoms with van der Waals surface area (Å²) in [4.78, 5) is 3.75. The first-order chi connectivity index (χ1) is 8.51. The second kappa shape index (κ2) is 4.46. The van der Waals surface area contributed by atoms with Gasteiger partial charge >= 0.3 is 6.01 Å². The normalized spacial score (nSPS) is 10.9. The van der Waals surface area contributed by atoms with Gasteiger partial charge in [-0.05, 0) is 31.2 Å². The van der Waals surface area contributed by atoms with Gasteiger partial charge in [-0.15, -0.1) is 0 Å². The van der Waals surface area contributed by atoms with Crippen LogP contribution in [0.4, 0.5) is 6.01 Å². The Morgan fingerprint density at radius 2 is 2.00 bits per heavy atom. The van der Waals surface area contributed by atoms with Gasteiger partial charge in [-0.2, -0.15) is 10.2 Å². The van der Waals surface area contributed by atoms with E-state index in [1.54, 1.807) is 6.92 Å². The largest absolute Gasteiger partial charge is 0.335 e. The van der Waals surface area contributed by atoms with Crippen LogP contribution in [0.1, 0.15) is 11.4 Å². The minimum atomic E-state index is -3.78. The molecule has 0 spiro atoms. The molecule has 18 heavy (non-hydrogen) atoms. The van der Waals surface area contributed by atoms with Gasteiger partial charge in [-0.3, -0.25) is 0 Å². The quantitative estimate of drug-likeness (QED) is 0.887. The van der Waals surface area contributed by atoms with Gasteiger partial charge < -0.3 is 4.52 Å². The van der Waals surface area contributed by atoms with Crippen LogP contribution < -0.4 is 4.72 Å². The molecular formula is C10H8N4O3S. The molecule has 0 aliphatic carbocycles. The molecule has 8 heteroatoms. The fourth-order valence-corrected chi connectivity index (χ4v) is 2.15. The minimum absolute atomic E-state index is 0.0114. The fraction of sp³-hybridized carbons (Fsp3) is 0.100. The molecule has 0 fully saturated rings. The third-order valence-corrected chi connectivity index (χ3v) is 3.38. The zero-order chi connectivity index (χ0) is 13.2.